The largest absolute Gasteiger partial charge is 0.207 e. The lowest BCUT2D eigenvalue weighted by Crippen LogP contribution is -1.86. The van der Waals surface area contributed by atoms with E-state index in [1.54, 1.807) is 12.1 Å². The normalized spacial score (nSPS) is 10.6. The van der Waals surface area contributed by atoms with Crippen LogP contribution in [0.4, 0.5) is 4.39 Å². The molecular formula is C12H5Cl3FI. The first-order chi connectivity index (χ1) is 7.97. The number of hydrogen-bond acceptors (Lipinski definition) is 0. The Morgan fingerprint density at radius 2 is 1.47 bits per heavy atom. The van der Waals surface area contributed by atoms with Crippen molar-refractivity contribution in [2.75, 3.05) is 0 Å². The third kappa shape index (κ3) is 3.05. The van der Waals surface area contributed by atoms with Gasteiger partial charge in [-0.25, -0.2) is 4.39 Å². The van der Waals surface area contributed by atoms with E-state index in [-0.39, 0.29) is 5.82 Å². The summed E-state index contributed by atoms with van der Waals surface area (Å²) >= 11 is 20.0. The maximum Gasteiger partial charge on any atom is 0.124 e. The fourth-order valence-electron chi connectivity index (χ4n) is 1.52. The van der Waals surface area contributed by atoms with Gasteiger partial charge in [0.1, 0.15) is 5.82 Å². The van der Waals surface area contributed by atoms with Crippen LogP contribution >= 0.6 is 57.4 Å². The molecule has 0 bridgehead atoms. The van der Waals surface area contributed by atoms with Gasteiger partial charge in [0.2, 0.25) is 0 Å². The summed E-state index contributed by atoms with van der Waals surface area (Å²) in [4.78, 5) is 0. The van der Waals surface area contributed by atoms with Crippen LogP contribution in [0, 0.1) is 9.39 Å². The number of rotatable bonds is 1. The molecule has 0 amide bonds. The van der Waals surface area contributed by atoms with E-state index in [0.717, 1.165) is 3.57 Å². The number of benzene rings is 2. The molecule has 0 heterocycles. The highest BCUT2D eigenvalue weighted by Crippen LogP contribution is 2.37. The molecule has 0 radical (unpaired) electrons. The Bertz CT molecular complexity index is 541. The van der Waals surface area contributed by atoms with Crippen LogP contribution in [0.2, 0.25) is 15.1 Å². The van der Waals surface area contributed by atoms with E-state index in [2.05, 4.69) is 0 Å². The molecular weight excluding hydrogens is 396 g/mol. The van der Waals surface area contributed by atoms with Gasteiger partial charge >= 0.3 is 0 Å². The average Bonchev–Trinajstić information content (AvgIpc) is 2.13. The Balaban J connectivity index is 2.68. The first-order valence-electron chi connectivity index (χ1n) is 4.58. The van der Waals surface area contributed by atoms with Crippen LogP contribution in [0.1, 0.15) is 0 Å². The minimum Gasteiger partial charge on any atom is -0.207 e. The molecule has 0 saturated heterocycles. The lowest BCUT2D eigenvalue weighted by molar-refractivity contribution is 0.627. The van der Waals surface area contributed by atoms with E-state index in [0.29, 0.717) is 26.2 Å². The second kappa shape index (κ2) is 5.31. The summed E-state index contributed by atoms with van der Waals surface area (Å²) in [6.07, 6.45) is 0. The Morgan fingerprint density at radius 3 is 2.00 bits per heavy atom. The number of halogens is 5. The highest BCUT2D eigenvalue weighted by molar-refractivity contribution is 14.1. The van der Waals surface area contributed by atoms with Crippen molar-refractivity contribution in [1.82, 2.24) is 0 Å². The summed E-state index contributed by atoms with van der Waals surface area (Å²) in [5.41, 5.74) is 1.23. The van der Waals surface area contributed by atoms with Crippen LogP contribution in [-0.4, -0.2) is 0 Å². The SMILES string of the molecule is Fc1cc(I)cc(-c2c(Cl)cc(Cl)cc2Cl)c1. The molecule has 0 saturated carbocycles. The Hall–Kier alpha value is -0.0300. The van der Waals surface area contributed by atoms with Gasteiger partial charge in [0, 0.05) is 14.2 Å². The van der Waals surface area contributed by atoms with Crippen molar-refractivity contribution in [3.63, 3.8) is 0 Å². The summed E-state index contributed by atoms with van der Waals surface area (Å²) in [6.45, 7) is 0. The fourth-order valence-corrected chi connectivity index (χ4v) is 3.18. The minimum absolute atomic E-state index is 0.325. The van der Waals surface area contributed by atoms with Gasteiger partial charge < -0.3 is 0 Å². The Labute approximate surface area is 127 Å². The van der Waals surface area contributed by atoms with E-state index in [9.17, 15) is 4.39 Å². The molecule has 2 rings (SSSR count). The molecule has 0 nitrogen and oxygen atoms in total. The maximum atomic E-state index is 13.3. The Morgan fingerprint density at radius 1 is 0.882 bits per heavy atom. The van der Waals surface area contributed by atoms with Crippen molar-refractivity contribution in [2.45, 2.75) is 0 Å². The van der Waals surface area contributed by atoms with Crippen molar-refractivity contribution in [2.24, 2.45) is 0 Å². The third-order valence-corrected chi connectivity index (χ3v) is 3.60. The minimum atomic E-state index is -0.325. The highest BCUT2D eigenvalue weighted by Gasteiger charge is 2.11. The van der Waals surface area contributed by atoms with Crippen molar-refractivity contribution in [3.05, 3.63) is 54.8 Å². The smallest absolute Gasteiger partial charge is 0.124 e. The molecule has 5 heteroatoms. The van der Waals surface area contributed by atoms with E-state index in [1.807, 2.05) is 28.7 Å². The van der Waals surface area contributed by atoms with Gasteiger partial charge in [-0.05, 0) is 58.5 Å². The second-order valence-corrected chi connectivity index (χ2v) is 5.90. The molecule has 88 valence electrons. The standard InChI is InChI=1S/C12H5Cl3FI/c13-7-3-10(14)12(11(15)4-7)6-1-8(16)5-9(17)2-6/h1-5H. The molecule has 17 heavy (non-hydrogen) atoms. The van der Waals surface area contributed by atoms with Crippen molar-refractivity contribution in [3.8, 4) is 11.1 Å². The summed E-state index contributed by atoms with van der Waals surface area (Å²) in [5.74, 6) is -0.325. The summed E-state index contributed by atoms with van der Waals surface area (Å²) in [6, 6.07) is 7.81. The van der Waals surface area contributed by atoms with Crippen LogP contribution in [0.25, 0.3) is 11.1 Å². The quantitative estimate of drug-likeness (QED) is 0.510. The average molecular weight is 401 g/mol. The van der Waals surface area contributed by atoms with Gasteiger partial charge in [-0.15, -0.1) is 0 Å². The van der Waals surface area contributed by atoms with E-state index >= 15 is 0 Å². The highest BCUT2D eigenvalue weighted by atomic mass is 127. The molecule has 0 unspecified atom stereocenters. The molecule has 0 aliphatic rings. The van der Waals surface area contributed by atoms with E-state index in [1.165, 1.54) is 12.1 Å². The zero-order valence-corrected chi connectivity index (χ0v) is 12.7. The molecule has 0 aliphatic carbocycles. The number of hydrogen-bond donors (Lipinski definition) is 0. The van der Waals surface area contributed by atoms with Gasteiger partial charge in [0.25, 0.3) is 0 Å². The van der Waals surface area contributed by atoms with E-state index < -0.39 is 0 Å². The molecule has 2 aromatic carbocycles. The van der Waals surface area contributed by atoms with Gasteiger partial charge in [-0.1, -0.05) is 34.8 Å². The van der Waals surface area contributed by atoms with Crippen molar-refractivity contribution < 1.29 is 4.39 Å². The predicted octanol–water partition coefficient (Wildman–Crippen LogP) is 6.06. The lowest BCUT2D eigenvalue weighted by Gasteiger charge is -2.08. The second-order valence-electron chi connectivity index (χ2n) is 3.40. The predicted molar refractivity (Wildman–Crippen MR) is 79.6 cm³/mol. The Kier molecular flexibility index (Phi) is 4.18. The first-order valence-corrected chi connectivity index (χ1v) is 6.79. The van der Waals surface area contributed by atoms with Gasteiger partial charge in [0.15, 0.2) is 0 Å². The monoisotopic (exact) mass is 400 g/mol. The molecule has 0 aromatic heterocycles. The van der Waals surface area contributed by atoms with Crippen LogP contribution < -0.4 is 0 Å². The summed E-state index contributed by atoms with van der Waals surface area (Å²) < 4.78 is 14.1. The fraction of sp³-hybridized carbons (Fsp3) is 0. The zero-order valence-electron chi connectivity index (χ0n) is 8.28. The molecule has 0 aliphatic heterocycles. The molecule has 2 aromatic rings. The summed E-state index contributed by atoms with van der Waals surface area (Å²) in [5, 5.41) is 1.27. The first kappa shape index (κ1) is 13.4. The van der Waals surface area contributed by atoms with E-state index in [4.69, 9.17) is 34.8 Å². The molecule has 0 fully saturated rings. The molecule has 0 N–H and O–H groups in total. The maximum absolute atomic E-state index is 13.3. The van der Waals surface area contributed by atoms with Crippen LogP contribution in [-0.2, 0) is 0 Å². The topological polar surface area (TPSA) is 0 Å². The van der Waals surface area contributed by atoms with Crippen LogP contribution in [0.15, 0.2) is 30.3 Å². The zero-order chi connectivity index (χ0) is 12.6. The van der Waals surface area contributed by atoms with Crippen LogP contribution in [0.3, 0.4) is 0 Å². The third-order valence-electron chi connectivity index (χ3n) is 2.16. The molecule has 0 spiro atoms. The van der Waals surface area contributed by atoms with Crippen molar-refractivity contribution >= 4 is 57.4 Å². The van der Waals surface area contributed by atoms with Gasteiger partial charge in [0.05, 0.1) is 10.0 Å². The lowest BCUT2D eigenvalue weighted by atomic mass is 10.1. The van der Waals surface area contributed by atoms with Gasteiger partial charge in [-0.3, -0.25) is 0 Å². The van der Waals surface area contributed by atoms with Crippen molar-refractivity contribution in [1.29, 1.82) is 0 Å². The van der Waals surface area contributed by atoms with Crippen LogP contribution in [0.5, 0.6) is 0 Å². The molecule has 0 atom stereocenters. The summed E-state index contributed by atoms with van der Waals surface area (Å²) in [7, 11) is 0. The van der Waals surface area contributed by atoms with Gasteiger partial charge in [-0.2, -0.15) is 0 Å².